The third-order valence-corrected chi connectivity index (χ3v) is 5.60. The average molecular weight is 423 g/mol. The number of hydrogen-bond donors (Lipinski definition) is 2. The lowest BCUT2D eigenvalue weighted by atomic mass is 9.97. The first kappa shape index (κ1) is 19.5. The van der Waals surface area contributed by atoms with Gasteiger partial charge in [0.05, 0.1) is 11.3 Å². The van der Waals surface area contributed by atoms with Crippen LogP contribution in [0.4, 0.5) is 18.9 Å². The fraction of sp³-hybridized carbons (Fsp3) is 0.333. The molecule has 2 heterocycles. The third kappa shape index (κ3) is 4.00. The van der Waals surface area contributed by atoms with Gasteiger partial charge in [0.2, 0.25) is 11.7 Å². The summed E-state index contributed by atoms with van der Waals surface area (Å²) in [7, 11) is 0. The van der Waals surface area contributed by atoms with E-state index in [-0.39, 0.29) is 22.9 Å². The maximum Gasteiger partial charge on any atom is 0.416 e. The quantitative estimate of drug-likeness (QED) is 0.630. The second kappa shape index (κ2) is 7.54. The van der Waals surface area contributed by atoms with Crippen LogP contribution < -0.4 is 10.9 Å². The van der Waals surface area contributed by atoms with Crippen molar-refractivity contribution >= 4 is 29.1 Å². The van der Waals surface area contributed by atoms with Gasteiger partial charge in [0.1, 0.15) is 0 Å². The van der Waals surface area contributed by atoms with Crippen LogP contribution in [-0.2, 0) is 23.8 Å². The molecule has 1 amide bonds. The topological polar surface area (TPSA) is 92.2 Å². The van der Waals surface area contributed by atoms with E-state index >= 15 is 0 Å². The van der Waals surface area contributed by atoms with E-state index in [2.05, 4.69) is 20.5 Å². The Morgan fingerprint density at radius 2 is 1.90 bits per heavy atom. The van der Waals surface area contributed by atoms with Crippen molar-refractivity contribution in [2.24, 2.45) is 0 Å². The van der Waals surface area contributed by atoms with Gasteiger partial charge in [-0.1, -0.05) is 11.8 Å². The Kier molecular flexibility index (Phi) is 5.07. The summed E-state index contributed by atoms with van der Waals surface area (Å²) in [5.41, 5.74) is 0.927. The van der Waals surface area contributed by atoms with E-state index in [1.807, 2.05) is 0 Å². The molecule has 11 heteroatoms. The standard InChI is InChI=1S/C18H16F3N5O2S/c19-18(20,21)10-5-7-11(8-6-10)22-14(27)9-29-17-25-24-16-23-15(28)12-3-1-2-4-13(12)26(16)17/h5-8H,1-4,9H2,(H,22,27)(H,23,24,28). The summed E-state index contributed by atoms with van der Waals surface area (Å²) in [6.45, 7) is 0. The highest BCUT2D eigenvalue weighted by atomic mass is 32.2. The van der Waals surface area contributed by atoms with E-state index < -0.39 is 11.7 Å². The third-order valence-electron chi connectivity index (χ3n) is 4.67. The van der Waals surface area contributed by atoms with Crippen molar-refractivity contribution < 1.29 is 18.0 Å². The molecule has 7 nitrogen and oxygen atoms in total. The molecular formula is C18H16F3N5O2S. The van der Waals surface area contributed by atoms with Gasteiger partial charge in [0.15, 0.2) is 5.16 Å². The van der Waals surface area contributed by atoms with Gasteiger partial charge in [-0.25, -0.2) is 0 Å². The smallest absolute Gasteiger partial charge is 0.325 e. The number of aromatic amines is 1. The number of anilines is 1. The molecule has 0 saturated heterocycles. The highest BCUT2D eigenvalue weighted by Crippen LogP contribution is 2.30. The SMILES string of the molecule is O=C(CSc1nnc2[nH]c(=O)c3c(n12)CCCC3)Nc1ccc(C(F)(F)F)cc1. The number of H-pyrrole nitrogens is 1. The number of aromatic nitrogens is 4. The molecule has 2 aromatic heterocycles. The van der Waals surface area contributed by atoms with Gasteiger partial charge in [-0.15, -0.1) is 10.2 Å². The van der Waals surface area contributed by atoms with Crippen LogP contribution in [0.15, 0.2) is 34.2 Å². The molecule has 4 rings (SSSR count). The number of hydrogen-bond acceptors (Lipinski definition) is 5. The lowest BCUT2D eigenvalue weighted by Crippen LogP contribution is -2.23. The Morgan fingerprint density at radius 1 is 1.17 bits per heavy atom. The number of halogens is 3. The van der Waals surface area contributed by atoms with Crippen molar-refractivity contribution in [2.75, 3.05) is 11.1 Å². The van der Waals surface area contributed by atoms with Crippen molar-refractivity contribution in [3.8, 4) is 0 Å². The Labute approximate surface area is 166 Å². The Balaban J connectivity index is 1.47. The molecule has 0 saturated carbocycles. The number of amides is 1. The van der Waals surface area contributed by atoms with E-state index in [1.165, 1.54) is 12.1 Å². The molecule has 1 aromatic carbocycles. The summed E-state index contributed by atoms with van der Waals surface area (Å²) in [6.07, 6.45) is -1.09. The maximum atomic E-state index is 12.6. The first-order valence-corrected chi connectivity index (χ1v) is 9.90. The molecule has 0 radical (unpaired) electrons. The van der Waals surface area contributed by atoms with Gasteiger partial charge >= 0.3 is 6.18 Å². The molecule has 1 aliphatic carbocycles. The molecule has 3 aromatic rings. The number of fused-ring (bicyclic) bond motifs is 3. The lowest BCUT2D eigenvalue weighted by molar-refractivity contribution is -0.137. The molecule has 1 aliphatic rings. The summed E-state index contributed by atoms with van der Waals surface area (Å²) in [4.78, 5) is 27.1. The molecule has 0 unspecified atom stereocenters. The minimum atomic E-state index is -4.42. The first-order chi connectivity index (χ1) is 13.8. The van der Waals surface area contributed by atoms with Crippen LogP contribution >= 0.6 is 11.8 Å². The van der Waals surface area contributed by atoms with Crippen molar-refractivity contribution in [3.05, 3.63) is 51.4 Å². The number of alkyl halides is 3. The number of carbonyl (C=O) groups excluding carboxylic acids is 1. The monoisotopic (exact) mass is 423 g/mol. The second-order valence-corrected chi connectivity index (χ2v) is 7.58. The predicted molar refractivity (Wildman–Crippen MR) is 101 cm³/mol. The molecular weight excluding hydrogens is 407 g/mol. The van der Waals surface area contributed by atoms with E-state index in [0.29, 0.717) is 17.4 Å². The van der Waals surface area contributed by atoms with Crippen LogP contribution in [0.5, 0.6) is 0 Å². The van der Waals surface area contributed by atoms with Crippen LogP contribution in [0.1, 0.15) is 29.7 Å². The highest BCUT2D eigenvalue weighted by molar-refractivity contribution is 7.99. The fourth-order valence-electron chi connectivity index (χ4n) is 3.32. The van der Waals surface area contributed by atoms with Crippen molar-refractivity contribution in [2.45, 2.75) is 37.0 Å². The average Bonchev–Trinajstić information content (AvgIpc) is 3.09. The highest BCUT2D eigenvalue weighted by Gasteiger charge is 2.30. The van der Waals surface area contributed by atoms with Crippen LogP contribution in [-0.4, -0.2) is 31.2 Å². The minimum absolute atomic E-state index is 0.00425. The molecule has 0 aliphatic heterocycles. The van der Waals surface area contributed by atoms with E-state index in [0.717, 1.165) is 54.4 Å². The molecule has 0 atom stereocenters. The van der Waals surface area contributed by atoms with Crippen LogP contribution in [0, 0.1) is 0 Å². The molecule has 152 valence electrons. The predicted octanol–water partition coefficient (Wildman–Crippen LogP) is 3.05. The van der Waals surface area contributed by atoms with Gasteiger partial charge in [0.25, 0.3) is 5.56 Å². The van der Waals surface area contributed by atoms with Crippen molar-refractivity contribution in [3.63, 3.8) is 0 Å². The zero-order valence-electron chi connectivity index (χ0n) is 15.0. The summed E-state index contributed by atoms with van der Waals surface area (Å²) in [5.74, 6) is -0.0542. The first-order valence-electron chi connectivity index (χ1n) is 8.92. The van der Waals surface area contributed by atoms with Gasteiger partial charge in [-0.3, -0.25) is 19.0 Å². The molecule has 2 N–H and O–H groups in total. The zero-order valence-corrected chi connectivity index (χ0v) is 15.9. The summed E-state index contributed by atoms with van der Waals surface area (Å²) in [6, 6.07) is 4.24. The largest absolute Gasteiger partial charge is 0.416 e. The zero-order chi connectivity index (χ0) is 20.6. The number of thioether (sulfide) groups is 1. The number of nitrogens with one attached hydrogen (secondary N) is 2. The number of benzene rings is 1. The van der Waals surface area contributed by atoms with Gasteiger partial charge in [-0.2, -0.15) is 13.2 Å². The lowest BCUT2D eigenvalue weighted by Gasteiger charge is -2.16. The van der Waals surface area contributed by atoms with Gasteiger partial charge in [0, 0.05) is 16.9 Å². The van der Waals surface area contributed by atoms with E-state index in [1.54, 1.807) is 4.40 Å². The van der Waals surface area contributed by atoms with Crippen molar-refractivity contribution in [1.29, 1.82) is 0 Å². The summed E-state index contributed by atoms with van der Waals surface area (Å²) < 4.78 is 39.6. The van der Waals surface area contributed by atoms with Crippen LogP contribution in [0.2, 0.25) is 0 Å². The fourth-order valence-corrected chi connectivity index (χ4v) is 4.07. The molecule has 0 fully saturated rings. The Hall–Kier alpha value is -2.82. The summed E-state index contributed by atoms with van der Waals surface area (Å²) in [5, 5.41) is 11.1. The number of aryl methyl sites for hydroxylation is 1. The van der Waals surface area contributed by atoms with Gasteiger partial charge in [-0.05, 0) is 49.9 Å². The molecule has 0 bridgehead atoms. The summed E-state index contributed by atoms with van der Waals surface area (Å²) >= 11 is 1.15. The number of rotatable bonds is 4. The number of nitrogens with zero attached hydrogens (tertiary/aromatic N) is 3. The second-order valence-electron chi connectivity index (χ2n) is 6.64. The normalized spacial score (nSPS) is 14.0. The Morgan fingerprint density at radius 3 is 2.62 bits per heavy atom. The maximum absolute atomic E-state index is 12.6. The van der Waals surface area contributed by atoms with Gasteiger partial charge < -0.3 is 5.32 Å². The molecule has 0 spiro atoms. The van der Waals surface area contributed by atoms with Crippen molar-refractivity contribution in [1.82, 2.24) is 19.6 Å². The van der Waals surface area contributed by atoms with Crippen LogP contribution in [0.3, 0.4) is 0 Å². The van der Waals surface area contributed by atoms with E-state index in [9.17, 15) is 22.8 Å². The Bertz CT molecular complexity index is 1120. The van der Waals surface area contributed by atoms with E-state index in [4.69, 9.17) is 0 Å². The number of carbonyl (C=O) groups is 1. The molecule has 29 heavy (non-hydrogen) atoms. The minimum Gasteiger partial charge on any atom is -0.325 e. The van der Waals surface area contributed by atoms with Crippen LogP contribution in [0.25, 0.3) is 5.78 Å².